The Balaban J connectivity index is 2.38. The Morgan fingerprint density at radius 3 is 2.33 bits per heavy atom. The number of rotatable bonds is 5. The van der Waals surface area contributed by atoms with Crippen molar-refractivity contribution in [3.8, 4) is 0 Å². The summed E-state index contributed by atoms with van der Waals surface area (Å²) < 4.78 is 0. The van der Waals surface area contributed by atoms with Crippen molar-refractivity contribution in [3.05, 3.63) is 0 Å². The van der Waals surface area contributed by atoms with Crippen LogP contribution in [0, 0.1) is 17.3 Å². The fourth-order valence-corrected chi connectivity index (χ4v) is 2.86. The Kier molecular flexibility index (Phi) is 6.16. The Morgan fingerprint density at radius 1 is 1.33 bits per heavy atom. The molecule has 1 unspecified atom stereocenters. The molecule has 1 aliphatic rings. The Labute approximate surface area is 120 Å². The van der Waals surface area contributed by atoms with Crippen molar-refractivity contribution in [1.29, 1.82) is 0 Å². The highest BCUT2D eigenvalue weighted by Crippen LogP contribution is 2.32. The van der Waals surface area contributed by atoms with Crippen LogP contribution in [-0.4, -0.2) is 17.3 Å². The van der Waals surface area contributed by atoms with Crippen molar-refractivity contribution >= 4 is 21.8 Å². The van der Waals surface area contributed by atoms with Crippen LogP contribution in [0.2, 0.25) is 0 Å². The maximum atomic E-state index is 12.1. The number of alkyl halides is 1. The predicted molar refractivity (Wildman–Crippen MR) is 80.9 cm³/mol. The summed E-state index contributed by atoms with van der Waals surface area (Å²) in [7, 11) is 0. The van der Waals surface area contributed by atoms with Crippen LogP contribution in [0.1, 0.15) is 59.8 Å². The largest absolute Gasteiger partial charge is 0.353 e. The summed E-state index contributed by atoms with van der Waals surface area (Å²) in [5, 5.41) is 3.93. The van der Waals surface area contributed by atoms with Gasteiger partial charge in [-0.15, -0.1) is 0 Å². The molecule has 2 nitrogen and oxygen atoms in total. The van der Waals surface area contributed by atoms with Gasteiger partial charge in [0.15, 0.2) is 0 Å². The average Bonchev–Trinajstić information content (AvgIpc) is 2.38. The molecule has 0 aliphatic heterocycles. The van der Waals surface area contributed by atoms with Crippen LogP contribution in [0.15, 0.2) is 0 Å². The lowest BCUT2D eigenvalue weighted by atomic mass is 9.78. The number of carbonyl (C=O) groups is 1. The van der Waals surface area contributed by atoms with Gasteiger partial charge in [0.05, 0.1) is 5.41 Å². The molecule has 0 spiro atoms. The number of amides is 1. The second kappa shape index (κ2) is 6.93. The number of hydrogen-bond acceptors (Lipinski definition) is 1. The maximum Gasteiger partial charge on any atom is 0.226 e. The van der Waals surface area contributed by atoms with Gasteiger partial charge in [0.2, 0.25) is 5.91 Å². The van der Waals surface area contributed by atoms with Crippen molar-refractivity contribution in [2.75, 3.05) is 5.33 Å². The molecular weight excluding hydrogens is 290 g/mol. The molecule has 18 heavy (non-hydrogen) atoms. The second-order valence-electron chi connectivity index (χ2n) is 6.49. The van der Waals surface area contributed by atoms with E-state index in [0.717, 1.165) is 24.7 Å². The minimum Gasteiger partial charge on any atom is -0.353 e. The number of halogens is 1. The van der Waals surface area contributed by atoms with Gasteiger partial charge < -0.3 is 5.32 Å². The zero-order chi connectivity index (χ0) is 13.8. The second-order valence-corrected chi connectivity index (χ2v) is 7.05. The highest BCUT2D eigenvalue weighted by molar-refractivity contribution is 9.09. The maximum absolute atomic E-state index is 12.1. The average molecular weight is 318 g/mol. The topological polar surface area (TPSA) is 29.1 Å². The van der Waals surface area contributed by atoms with Gasteiger partial charge in [-0.1, -0.05) is 50.0 Å². The zero-order valence-electron chi connectivity index (χ0n) is 12.3. The van der Waals surface area contributed by atoms with Crippen molar-refractivity contribution in [1.82, 2.24) is 5.32 Å². The summed E-state index contributed by atoms with van der Waals surface area (Å²) >= 11 is 3.41. The lowest BCUT2D eigenvalue weighted by Gasteiger charge is -2.34. The Hall–Kier alpha value is -0.0500. The quantitative estimate of drug-likeness (QED) is 0.759. The van der Waals surface area contributed by atoms with E-state index in [1.165, 1.54) is 19.3 Å². The molecule has 0 bridgehead atoms. The summed E-state index contributed by atoms with van der Waals surface area (Å²) in [5.41, 5.74) is -0.298. The predicted octanol–water partition coefficient (Wildman–Crippen LogP) is 4.13. The molecule has 0 aromatic heterocycles. The van der Waals surface area contributed by atoms with Crippen LogP contribution < -0.4 is 5.32 Å². The van der Waals surface area contributed by atoms with Gasteiger partial charge in [0.1, 0.15) is 0 Å². The van der Waals surface area contributed by atoms with Crippen LogP contribution in [0.25, 0.3) is 0 Å². The van der Waals surface area contributed by atoms with E-state index in [1.54, 1.807) is 0 Å². The van der Waals surface area contributed by atoms with Gasteiger partial charge in [-0.2, -0.15) is 0 Å². The summed E-state index contributed by atoms with van der Waals surface area (Å²) in [6, 6.07) is 0.399. The molecule has 0 radical (unpaired) electrons. The van der Waals surface area contributed by atoms with Gasteiger partial charge in [0, 0.05) is 11.4 Å². The third-order valence-electron chi connectivity index (χ3n) is 4.50. The Bertz CT molecular complexity index is 270. The third-order valence-corrected chi connectivity index (χ3v) is 5.91. The summed E-state index contributed by atoms with van der Waals surface area (Å²) in [6.07, 6.45) is 6.12. The van der Waals surface area contributed by atoms with Crippen LogP contribution in [-0.2, 0) is 4.79 Å². The van der Waals surface area contributed by atoms with Gasteiger partial charge in [0.25, 0.3) is 0 Å². The van der Waals surface area contributed by atoms with E-state index < -0.39 is 0 Å². The first-order valence-electron chi connectivity index (χ1n) is 7.27. The lowest BCUT2D eigenvalue weighted by Crippen LogP contribution is -2.45. The van der Waals surface area contributed by atoms with Crippen molar-refractivity contribution in [2.45, 2.75) is 65.8 Å². The van der Waals surface area contributed by atoms with E-state index in [4.69, 9.17) is 0 Å². The van der Waals surface area contributed by atoms with E-state index >= 15 is 0 Å². The SMILES string of the molecule is CCC(C)[C@H]1CC[C@H](NC(=O)C(C)(C)CBr)CC1. The van der Waals surface area contributed by atoms with Gasteiger partial charge >= 0.3 is 0 Å². The normalized spacial score (nSPS) is 26.7. The minimum atomic E-state index is -0.298. The van der Waals surface area contributed by atoms with Gasteiger partial charge in [-0.05, 0) is 37.5 Å². The van der Waals surface area contributed by atoms with Gasteiger partial charge in [-0.3, -0.25) is 4.79 Å². The van der Waals surface area contributed by atoms with E-state index in [0.29, 0.717) is 11.4 Å². The van der Waals surface area contributed by atoms with Crippen LogP contribution >= 0.6 is 15.9 Å². The molecule has 0 aromatic rings. The fraction of sp³-hybridized carbons (Fsp3) is 0.933. The molecule has 0 saturated heterocycles. The lowest BCUT2D eigenvalue weighted by molar-refractivity contribution is -0.129. The smallest absolute Gasteiger partial charge is 0.226 e. The standard InChI is InChI=1S/C15H28BrNO/c1-5-11(2)12-6-8-13(9-7-12)17-14(18)15(3,4)10-16/h11-13H,5-10H2,1-4H3,(H,17,18)/t11?,12-,13-. The van der Waals surface area contributed by atoms with E-state index in [2.05, 4.69) is 35.1 Å². The van der Waals surface area contributed by atoms with E-state index in [-0.39, 0.29) is 11.3 Å². The molecule has 3 heteroatoms. The van der Waals surface area contributed by atoms with E-state index in [1.807, 2.05) is 13.8 Å². The summed E-state index contributed by atoms with van der Waals surface area (Å²) in [6.45, 7) is 8.61. The molecule has 1 atom stereocenters. The first-order chi connectivity index (χ1) is 8.40. The molecule has 1 rings (SSSR count). The molecular formula is C15H28BrNO. The minimum absolute atomic E-state index is 0.186. The van der Waals surface area contributed by atoms with Gasteiger partial charge in [-0.25, -0.2) is 0 Å². The van der Waals surface area contributed by atoms with Crippen LogP contribution in [0.3, 0.4) is 0 Å². The molecule has 1 saturated carbocycles. The molecule has 1 fully saturated rings. The van der Waals surface area contributed by atoms with Crippen molar-refractivity contribution in [3.63, 3.8) is 0 Å². The first kappa shape index (κ1) is 16.0. The molecule has 0 heterocycles. The molecule has 106 valence electrons. The Morgan fingerprint density at radius 2 is 1.89 bits per heavy atom. The summed E-state index contributed by atoms with van der Waals surface area (Å²) in [5.74, 6) is 1.89. The first-order valence-corrected chi connectivity index (χ1v) is 8.39. The highest BCUT2D eigenvalue weighted by Gasteiger charge is 2.30. The number of nitrogens with one attached hydrogen (secondary N) is 1. The van der Waals surface area contributed by atoms with E-state index in [9.17, 15) is 4.79 Å². The van der Waals surface area contributed by atoms with Crippen molar-refractivity contribution < 1.29 is 4.79 Å². The van der Waals surface area contributed by atoms with Crippen LogP contribution in [0.4, 0.5) is 0 Å². The van der Waals surface area contributed by atoms with Crippen LogP contribution in [0.5, 0.6) is 0 Å². The number of carbonyl (C=O) groups excluding carboxylic acids is 1. The zero-order valence-corrected chi connectivity index (χ0v) is 13.8. The molecule has 1 N–H and O–H groups in total. The molecule has 0 aromatic carbocycles. The highest BCUT2D eigenvalue weighted by atomic mass is 79.9. The van der Waals surface area contributed by atoms with Crippen molar-refractivity contribution in [2.24, 2.45) is 17.3 Å². The third kappa shape index (κ3) is 4.25. The monoisotopic (exact) mass is 317 g/mol. The molecule has 1 amide bonds. The number of hydrogen-bond donors (Lipinski definition) is 1. The summed E-state index contributed by atoms with van der Waals surface area (Å²) in [4.78, 5) is 12.1. The molecule has 1 aliphatic carbocycles. The fourth-order valence-electron chi connectivity index (χ4n) is 2.61.